The molecule has 2 saturated heterocycles. The minimum absolute atomic E-state index is 0.0716. The number of likely N-dealkylation sites (tertiary alicyclic amines) is 1. The second-order valence-electron chi connectivity index (χ2n) is 11.3. The summed E-state index contributed by atoms with van der Waals surface area (Å²) < 4.78 is 31.7. The first-order valence-corrected chi connectivity index (χ1v) is 12.3. The third-order valence-electron chi connectivity index (χ3n) is 8.60. The standard InChI is InChI=1S/C24H37N3O.C2HF3O2/c1-16-14-18(26-13-11-19(15-26)27-12-7-8-17(27)2)9-10-20(16)25-22(28)21-23(3,4)24(21,5)6;3-2(4,5)1(6)7/h9-10,14,17,19,21H,7-8,11-13,15H2,1-6H3,(H,25,28);(H,6,7)/t17-,19-;/m0./s1. The van der Waals surface area contributed by atoms with E-state index in [1.165, 1.54) is 31.5 Å². The first-order chi connectivity index (χ1) is 16.1. The van der Waals surface area contributed by atoms with Crippen LogP contribution in [0.4, 0.5) is 24.5 Å². The summed E-state index contributed by atoms with van der Waals surface area (Å²) in [6.07, 6.45) is -1.13. The minimum Gasteiger partial charge on any atom is -0.475 e. The van der Waals surface area contributed by atoms with E-state index in [0.29, 0.717) is 6.04 Å². The van der Waals surface area contributed by atoms with Gasteiger partial charge in [0.05, 0.1) is 0 Å². The summed E-state index contributed by atoms with van der Waals surface area (Å²) in [5, 5.41) is 10.3. The van der Waals surface area contributed by atoms with E-state index < -0.39 is 12.1 Å². The number of hydrogen-bond acceptors (Lipinski definition) is 4. The number of anilines is 2. The number of halogens is 3. The van der Waals surface area contributed by atoms with E-state index in [4.69, 9.17) is 9.90 Å². The van der Waals surface area contributed by atoms with Gasteiger partial charge in [-0.25, -0.2) is 4.79 Å². The molecule has 2 heterocycles. The second kappa shape index (κ2) is 9.64. The fourth-order valence-electron chi connectivity index (χ4n) is 5.79. The van der Waals surface area contributed by atoms with Gasteiger partial charge in [0.1, 0.15) is 0 Å². The van der Waals surface area contributed by atoms with Gasteiger partial charge in [-0.15, -0.1) is 0 Å². The number of carbonyl (C=O) groups excluding carboxylic acids is 1. The quantitative estimate of drug-likeness (QED) is 0.590. The Hall–Kier alpha value is -2.29. The molecular weight excluding hydrogens is 459 g/mol. The normalized spacial score (nSPS) is 25.7. The number of alkyl halides is 3. The Kier molecular flexibility index (Phi) is 7.52. The SMILES string of the molecule is Cc1cc(N2CC[C@H](N3CCC[C@@H]3C)C2)ccc1NC(=O)C1C(C)(C)C1(C)C.O=C(O)C(F)(F)F. The van der Waals surface area contributed by atoms with Crippen molar-refractivity contribution in [1.82, 2.24) is 4.90 Å². The van der Waals surface area contributed by atoms with Crippen LogP contribution in [0.1, 0.15) is 59.4 Å². The number of carboxylic acid groups (broad SMARTS) is 1. The van der Waals surface area contributed by atoms with E-state index in [-0.39, 0.29) is 22.7 Å². The molecule has 0 aromatic heterocycles. The van der Waals surface area contributed by atoms with E-state index in [1.54, 1.807) is 0 Å². The third kappa shape index (κ3) is 5.60. The smallest absolute Gasteiger partial charge is 0.475 e. The minimum atomic E-state index is -5.08. The van der Waals surface area contributed by atoms with Gasteiger partial charge in [-0.2, -0.15) is 13.2 Å². The first kappa shape index (κ1) is 27.3. The van der Waals surface area contributed by atoms with Crippen LogP contribution in [0.15, 0.2) is 18.2 Å². The van der Waals surface area contributed by atoms with Crippen molar-refractivity contribution < 1.29 is 27.9 Å². The molecule has 3 fully saturated rings. The van der Waals surface area contributed by atoms with Gasteiger partial charge >= 0.3 is 12.1 Å². The van der Waals surface area contributed by atoms with Crippen molar-refractivity contribution in [2.45, 2.75) is 79.1 Å². The van der Waals surface area contributed by atoms with E-state index in [0.717, 1.165) is 30.4 Å². The Balaban J connectivity index is 0.000000429. The van der Waals surface area contributed by atoms with Gasteiger partial charge in [0.2, 0.25) is 5.91 Å². The number of amides is 1. The Morgan fingerprint density at radius 2 is 1.69 bits per heavy atom. The van der Waals surface area contributed by atoms with Gasteiger partial charge in [-0.3, -0.25) is 9.69 Å². The monoisotopic (exact) mass is 497 g/mol. The van der Waals surface area contributed by atoms with Crippen LogP contribution in [-0.4, -0.2) is 59.8 Å². The zero-order valence-electron chi connectivity index (χ0n) is 21.5. The van der Waals surface area contributed by atoms with Crippen LogP contribution in [0.3, 0.4) is 0 Å². The van der Waals surface area contributed by atoms with E-state index in [9.17, 15) is 18.0 Å². The molecule has 2 atom stereocenters. The average molecular weight is 498 g/mol. The molecule has 1 amide bonds. The van der Waals surface area contributed by atoms with Crippen LogP contribution in [0.25, 0.3) is 0 Å². The van der Waals surface area contributed by atoms with Crippen molar-refractivity contribution in [2.24, 2.45) is 16.7 Å². The lowest BCUT2D eigenvalue weighted by Gasteiger charge is -2.28. The Labute approximate surface area is 205 Å². The summed E-state index contributed by atoms with van der Waals surface area (Å²) >= 11 is 0. The number of rotatable bonds is 4. The van der Waals surface area contributed by atoms with Gasteiger partial charge in [0.15, 0.2) is 0 Å². The molecule has 0 radical (unpaired) electrons. The zero-order chi connectivity index (χ0) is 26.3. The molecule has 6 nitrogen and oxygen atoms in total. The largest absolute Gasteiger partial charge is 0.490 e. The molecule has 1 aromatic rings. The maximum absolute atomic E-state index is 12.8. The number of nitrogens with zero attached hydrogens (tertiary/aromatic N) is 2. The molecule has 1 aliphatic carbocycles. The van der Waals surface area contributed by atoms with Crippen LogP contribution in [0.5, 0.6) is 0 Å². The lowest BCUT2D eigenvalue weighted by molar-refractivity contribution is -0.192. The van der Waals surface area contributed by atoms with E-state index >= 15 is 0 Å². The summed E-state index contributed by atoms with van der Waals surface area (Å²) in [5.74, 6) is -2.51. The molecule has 0 unspecified atom stereocenters. The lowest BCUT2D eigenvalue weighted by Crippen LogP contribution is -2.39. The molecule has 2 aliphatic heterocycles. The lowest BCUT2D eigenvalue weighted by atomic mass is 10.0. The zero-order valence-corrected chi connectivity index (χ0v) is 21.5. The fraction of sp³-hybridized carbons (Fsp3) is 0.692. The van der Waals surface area contributed by atoms with Crippen molar-refractivity contribution in [3.63, 3.8) is 0 Å². The van der Waals surface area contributed by atoms with Crippen LogP contribution in [-0.2, 0) is 9.59 Å². The summed E-state index contributed by atoms with van der Waals surface area (Å²) in [6.45, 7) is 16.8. The molecule has 0 bridgehead atoms. The highest BCUT2D eigenvalue weighted by Crippen LogP contribution is 2.68. The molecule has 2 N–H and O–H groups in total. The molecule has 1 saturated carbocycles. The van der Waals surface area contributed by atoms with Crippen LogP contribution >= 0.6 is 0 Å². The van der Waals surface area contributed by atoms with Crippen molar-refractivity contribution in [2.75, 3.05) is 29.9 Å². The predicted molar refractivity (Wildman–Crippen MR) is 131 cm³/mol. The van der Waals surface area contributed by atoms with Gasteiger partial charge < -0.3 is 15.3 Å². The van der Waals surface area contributed by atoms with Gasteiger partial charge in [-0.05, 0) is 74.2 Å². The molecule has 1 aromatic carbocycles. The Morgan fingerprint density at radius 3 is 2.14 bits per heavy atom. The molecule has 0 spiro atoms. The number of aryl methyl sites for hydroxylation is 1. The second-order valence-corrected chi connectivity index (χ2v) is 11.3. The third-order valence-corrected chi connectivity index (χ3v) is 8.60. The first-order valence-electron chi connectivity index (χ1n) is 12.3. The Bertz CT molecular complexity index is 947. The van der Waals surface area contributed by atoms with Crippen LogP contribution in [0, 0.1) is 23.7 Å². The summed E-state index contributed by atoms with van der Waals surface area (Å²) in [7, 11) is 0. The van der Waals surface area contributed by atoms with Gasteiger partial charge in [0.25, 0.3) is 0 Å². The van der Waals surface area contributed by atoms with Gasteiger partial charge in [-0.1, -0.05) is 27.7 Å². The van der Waals surface area contributed by atoms with Crippen LogP contribution < -0.4 is 10.2 Å². The molecule has 9 heteroatoms. The highest BCUT2D eigenvalue weighted by molar-refractivity contribution is 5.96. The Morgan fingerprint density at radius 1 is 1.09 bits per heavy atom. The fourth-order valence-corrected chi connectivity index (χ4v) is 5.79. The molecule has 3 aliphatic rings. The van der Waals surface area contributed by atoms with Crippen molar-refractivity contribution in [3.05, 3.63) is 23.8 Å². The van der Waals surface area contributed by atoms with Crippen LogP contribution in [0.2, 0.25) is 0 Å². The maximum Gasteiger partial charge on any atom is 0.490 e. The summed E-state index contributed by atoms with van der Waals surface area (Å²) in [5.41, 5.74) is 3.54. The highest BCUT2D eigenvalue weighted by Gasteiger charge is 2.68. The number of nitrogens with one attached hydrogen (secondary N) is 1. The highest BCUT2D eigenvalue weighted by atomic mass is 19.4. The topological polar surface area (TPSA) is 72.9 Å². The van der Waals surface area contributed by atoms with Gasteiger partial charge in [0, 0.05) is 42.5 Å². The molecular formula is C26H38F3N3O3. The number of hydrogen-bond donors (Lipinski definition) is 2. The summed E-state index contributed by atoms with van der Waals surface area (Å²) in [4.78, 5) is 26.9. The van der Waals surface area contributed by atoms with E-state index in [2.05, 4.69) is 74.9 Å². The van der Waals surface area contributed by atoms with E-state index in [1.807, 2.05) is 0 Å². The molecule has 4 rings (SSSR count). The number of carboxylic acids is 1. The van der Waals surface area contributed by atoms with Crippen molar-refractivity contribution in [1.29, 1.82) is 0 Å². The van der Waals surface area contributed by atoms with Crippen molar-refractivity contribution >= 4 is 23.3 Å². The summed E-state index contributed by atoms with van der Waals surface area (Å²) in [6, 6.07) is 7.95. The number of aliphatic carboxylic acids is 1. The number of carbonyl (C=O) groups is 2. The predicted octanol–water partition coefficient (Wildman–Crippen LogP) is 5.31. The number of benzene rings is 1. The van der Waals surface area contributed by atoms with Crippen molar-refractivity contribution in [3.8, 4) is 0 Å². The maximum atomic E-state index is 12.8. The average Bonchev–Trinajstić information content (AvgIpc) is 3.20. The molecule has 196 valence electrons. The molecule has 35 heavy (non-hydrogen) atoms.